The number of sulfonamides is 1. The van der Waals surface area contributed by atoms with E-state index in [1.54, 1.807) is 12.1 Å². The molecular weight excluding hydrogens is 338 g/mol. The highest BCUT2D eigenvalue weighted by Gasteiger charge is 2.14. The lowest BCUT2D eigenvalue weighted by atomic mass is 10.2. The number of rotatable bonds is 6. The standard InChI is InChI=1S/C16H16ClNO4S/c1-21-15-11-14(16(22-2)10-13(15)17)18-23(19,20)9-8-12-6-4-3-5-7-12/h3-11,18H,1-2H3/b9-8+. The lowest BCUT2D eigenvalue weighted by Gasteiger charge is -2.12. The number of ether oxygens (including phenoxy) is 2. The first-order chi connectivity index (χ1) is 10.9. The third-order valence-corrected chi connectivity index (χ3v) is 4.26. The maximum absolute atomic E-state index is 12.2. The number of halogens is 1. The van der Waals surface area contributed by atoms with E-state index in [2.05, 4.69) is 4.72 Å². The zero-order valence-electron chi connectivity index (χ0n) is 12.6. The summed E-state index contributed by atoms with van der Waals surface area (Å²) >= 11 is 6.00. The second-order valence-corrected chi connectivity index (χ2v) is 6.52. The molecule has 0 unspecified atom stereocenters. The van der Waals surface area contributed by atoms with Crippen molar-refractivity contribution in [2.45, 2.75) is 0 Å². The first kappa shape index (κ1) is 17.2. The molecule has 1 N–H and O–H groups in total. The van der Waals surface area contributed by atoms with Crippen molar-refractivity contribution in [3.8, 4) is 11.5 Å². The Morgan fingerprint density at radius 2 is 1.70 bits per heavy atom. The van der Waals surface area contributed by atoms with E-state index in [1.165, 1.54) is 32.4 Å². The molecule has 0 aromatic heterocycles. The molecule has 5 nitrogen and oxygen atoms in total. The number of anilines is 1. The minimum absolute atomic E-state index is 0.242. The van der Waals surface area contributed by atoms with Crippen LogP contribution in [-0.2, 0) is 10.0 Å². The van der Waals surface area contributed by atoms with Crippen LogP contribution in [0.25, 0.3) is 6.08 Å². The number of hydrogen-bond acceptors (Lipinski definition) is 4. The minimum atomic E-state index is -3.71. The Morgan fingerprint density at radius 3 is 2.30 bits per heavy atom. The van der Waals surface area contributed by atoms with Gasteiger partial charge in [-0.2, -0.15) is 0 Å². The SMILES string of the molecule is COc1cc(NS(=O)(=O)/C=C/c2ccccc2)c(OC)cc1Cl. The van der Waals surface area contributed by atoms with Crippen molar-refractivity contribution >= 4 is 33.4 Å². The van der Waals surface area contributed by atoms with Gasteiger partial charge in [-0.15, -0.1) is 0 Å². The summed E-state index contributed by atoms with van der Waals surface area (Å²) in [5.41, 5.74) is 1.02. The van der Waals surface area contributed by atoms with E-state index in [9.17, 15) is 8.42 Å². The van der Waals surface area contributed by atoms with Gasteiger partial charge in [-0.3, -0.25) is 4.72 Å². The van der Waals surface area contributed by atoms with Crippen LogP contribution in [0.3, 0.4) is 0 Å². The fourth-order valence-electron chi connectivity index (χ4n) is 1.86. The van der Waals surface area contributed by atoms with E-state index in [0.717, 1.165) is 11.0 Å². The Morgan fingerprint density at radius 1 is 1.04 bits per heavy atom. The van der Waals surface area contributed by atoms with Gasteiger partial charge >= 0.3 is 0 Å². The summed E-state index contributed by atoms with van der Waals surface area (Å²) in [7, 11) is -0.840. The van der Waals surface area contributed by atoms with Gasteiger partial charge in [-0.05, 0) is 11.6 Å². The van der Waals surface area contributed by atoms with Crippen molar-refractivity contribution in [3.05, 3.63) is 58.5 Å². The predicted molar refractivity (Wildman–Crippen MR) is 92.6 cm³/mol. The van der Waals surface area contributed by atoms with Crippen LogP contribution in [0.15, 0.2) is 47.9 Å². The quantitative estimate of drug-likeness (QED) is 0.858. The highest BCUT2D eigenvalue weighted by molar-refractivity contribution is 7.95. The van der Waals surface area contributed by atoms with Crippen molar-refractivity contribution in [1.82, 2.24) is 0 Å². The van der Waals surface area contributed by atoms with Crippen molar-refractivity contribution in [2.75, 3.05) is 18.9 Å². The normalized spacial score (nSPS) is 11.4. The van der Waals surface area contributed by atoms with Crippen molar-refractivity contribution in [3.63, 3.8) is 0 Å². The van der Waals surface area contributed by atoms with Gasteiger partial charge in [0.15, 0.2) is 0 Å². The van der Waals surface area contributed by atoms with Crippen LogP contribution in [0.4, 0.5) is 5.69 Å². The molecule has 0 bridgehead atoms. The molecule has 2 aromatic carbocycles. The Labute approximate surface area is 140 Å². The van der Waals surface area contributed by atoms with Crippen LogP contribution in [0, 0.1) is 0 Å². The first-order valence-corrected chi connectivity index (χ1v) is 8.55. The number of methoxy groups -OCH3 is 2. The molecule has 0 aliphatic carbocycles. The predicted octanol–water partition coefficient (Wildman–Crippen LogP) is 3.77. The molecule has 0 aliphatic heterocycles. The lowest BCUT2D eigenvalue weighted by Crippen LogP contribution is -2.10. The maximum atomic E-state index is 12.2. The smallest absolute Gasteiger partial charge is 0.255 e. The van der Waals surface area contributed by atoms with Crippen molar-refractivity contribution in [2.24, 2.45) is 0 Å². The maximum Gasteiger partial charge on any atom is 0.255 e. The molecular formula is C16H16ClNO4S. The van der Waals surface area contributed by atoms with E-state index in [1.807, 2.05) is 18.2 Å². The highest BCUT2D eigenvalue weighted by atomic mass is 35.5. The average Bonchev–Trinajstić information content (AvgIpc) is 2.55. The number of hydrogen-bond donors (Lipinski definition) is 1. The van der Waals surface area contributed by atoms with Crippen molar-refractivity contribution in [1.29, 1.82) is 0 Å². The largest absolute Gasteiger partial charge is 0.495 e. The third kappa shape index (κ3) is 4.64. The third-order valence-electron chi connectivity index (χ3n) is 2.97. The molecule has 0 saturated carbocycles. The van der Waals surface area contributed by atoms with Gasteiger partial charge in [-0.1, -0.05) is 41.9 Å². The zero-order chi connectivity index (χ0) is 16.9. The molecule has 0 fully saturated rings. The van der Waals surface area contributed by atoms with Gasteiger partial charge in [0.1, 0.15) is 11.5 Å². The van der Waals surface area contributed by atoms with Crippen LogP contribution in [0.2, 0.25) is 5.02 Å². The molecule has 23 heavy (non-hydrogen) atoms. The fourth-order valence-corrected chi connectivity index (χ4v) is 2.96. The summed E-state index contributed by atoms with van der Waals surface area (Å²) in [6.45, 7) is 0. The number of benzene rings is 2. The fraction of sp³-hybridized carbons (Fsp3) is 0.125. The van der Waals surface area contributed by atoms with E-state index >= 15 is 0 Å². The molecule has 0 atom stereocenters. The van der Waals surface area contributed by atoms with Gasteiger partial charge in [0.05, 0.1) is 30.3 Å². The van der Waals surface area contributed by atoms with Crippen LogP contribution < -0.4 is 14.2 Å². The summed E-state index contributed by atoms with van der Waals surface area (Å²) in [6, 6.07) is 12.1. The Balaban J connectivity index is 2.28. The molecule has 122 valence electrons. The van der Waals surface area contributed by atoms with Crippen molar-refractivity contribution < 1.29 is 17.9 Å². The summed E-state index contributed by atoms with van der Waals surface area (Å²) in [5.74, 6) is 0.643. The highest BCUT2D eigenvalue weighted by Crippen LogP contribution is 2.36. The molecule has 0 spiro atoms. The van der Waals surface area contributed by atoms with Gasteiger partial charge in [0.2, 0.25) is 0 Å². The van der Waals surface area contributed by atoms with Gasteiger partial charge in [0, 0.05) is 12.1 Å². The Bertz CT molecular complexity index is 804. The monoisotopic (exact) mass is 353 g/mol. The van der Waals surface area contributed by atoms with Gasteiger partial charge in [0.25, 0.3) is 10.0 Å². The summed E-state index contributed by atoms with van der Waals surface area (Å²) in [4.78, 5) is 0. The van der Waals surface area contributed by atoms with E-state index in [-0.39, 0.29) is 5.69 Å². The summed E-state index contributed by atoms with van der Waals surface area (Å²) in [6.07, 6.45) is 1.50. The van der Waals surface area contributed by atoms with E-state index in [0.29, 0.717) is 16.5 Å². The number of nitrogens with one attached hydrogen (secondary N) is 1. The zero-order valence-corrected chi connectivity index (χ0v) is 14.2. The summed E-state index contributed by atoms with van der Waals surface area (Å²) < 4.78 is 37.1. The van der Waals surface area contributed by atoms with Gasteiger partial charge < -0.3 is 9.47 Å². The topological polar surface area (TPSA) is 64.6 Å². The molecule has 0 amide bonds. The van der Waals surface area contributed by atoms with Crippen LogP contribution >= 0.6 is 11.6 Å². The Kier molecular flexibility index (Phi) is 5.52. The lowest BCUT2D eigenvalue weighted by molar-refractivity contribution is 0.405. The molecule has 2 rings (SSSR count). The molecule has 7 heteroatoms. The minimum Gasteiger partial charge on any atom is -0.495 e. The second kappa shape index (κ2) is 7.39. The first-order valence-electron chi connectivity index (χ1n) is 6.62. The molecule has 0 radical (unpaired) electrons. The van der Waals surface area contributed by atoms with E-state index in [4.69, 9.17) is 21.1 Å². The summed E-state index contributed by atoms with van der Waals surface area (Å²) in [5, 5.41) is 1.41. The average molecular weight is 354 g/mol. The molecule has 0 heterocycles. The van der Waals surface area contributed by atoms with Gasteiger partial charge in [-0.25, -0.2) is 8.42 Å². The molecule has 0 aliphatic rings. The molecule has 0 saturated heterocycles. The van der Waals surface area contributed by atoms with Crippen LogP contribution in [0.1, 0.15) is 5.56 Å². The van der Waals surface area contributed by atoms with Crippen LogP contribution in [-0.4, -0.2) is 22.6 Å². The van der Waals surface area contributed by atoms with Crippen LogP contribution in [0.5, 0.6) is 11.5 Å². The molecule has 2 aromatic rings. The second-order valence-electron chi connectivity index (χ2n) is 4.55. The van der Waals surface area contributed by atoms with E-state index < -0.39 is 10.0 Å². The Hall–Kier alpha value is -2.18.